The van der Waals surface area contributed by atoms with Gasteiger partial charge in [-0.25, -0.2) is 13.2 Å². The molecule has 0 bridgehead atoms. The normalized spacial score (nSPS) is 15.0. The number of alkyl halides is 1. The first-order valence-electron chi connectivity index (χ1n) is 10.2. The molecule has 4 rings (SSSR count). The third-order valence-electron chi connectivity index (χ3n) is 5.21. The van der Waals surface area contributed by atoms with E-state index in [-0.39, 0.29) is 35.7 Å². The first-order valence-corrected chi connectivity index (χ1v) is 10.2. The molecule has 1 aliphatic rings. The highest BCUT2D eigenvalue weighted by Crippen LogP contribution is 2.25. The van der Waals surface area contributed by atoms with E-state index in [0.717, 1.165) is 11.1 Å². The Bertz CT molecular complexity index is 1190. The highest BCUT2D eigenvalue weighted by Gasteiger charge is 2.27. The average Bonchev–Trinajstić information content (AvgIpc) is 3.51. The van der Waals surface area contributed by atoms with Crippen LogP contribution < -0.4 is 5.32 Å². The summed E-state index contributed by atoms with van der Waals surface area (Å²) < 4.78 is 42.4. The number of benzene rings is 2. The molecule has 170 valence electrons. The lowest BCUT2D eigenvalue weighted by molar-refractivity contribution is 0.0844. The molecule has 10 heteroatoms. The van der Waals surface area contributed by atoms with Gasteiger partial charge in [0.2, 0.25) is 0 Å². The molecule has 1 aliphatic heterocycles. The number of rotatable bonds is 8. The average molecular weight is 455 g/mol. The van der Waals surface area contributed by atoms with Crippen LogP contribution in [0, 0.1) is 11.6 Å². The van der Waals surface area contributed by atoms with Crippen LogP contribution in [-0.2, 0) is 6.54 Å². The minimum Gasteiger partial charge on any atom is -0.393 e. The largest absolute Gasteiger partial charge is 0.393 e. The van der Waals surface area contributed by atoms with Crippen LogP contribution in [0.15, 0.2) is 65.9 Å². The maximum absolute atomic E-state index is 14.8. The minimum absolute atomic E-state index is 0.0255. The van der Waals surface area contributed by atoms with Gasteiger partial charge in [-0.1, -0.05) is 18.2 Å². The van der Waals surface area contributed by atoms with Crippen LogP contribution in [0.1, 0.15) is 21.5 Å². The molecule has 0 aliphatic carbocycles. The van der Waals surface area contributed by atoms with Gasteiger partial charge in [0, 0.05) is 5.56 Å². The molecule has 3 aromatic rings. The lowest BCUT2D eigenvalue weighted by atomic mass is 9.99. The second-order valence-corrected chi connectivity index (χ2v) is 7.40. The van der Waals surface area contributed by atoms with Crippen molar-refractivity contribution < 1.29 is 23.1 Å². The second kappa shape index (κ2) is 9.78. The van der Waals surface area contributed by atoms with E-state index in [1.165, 1.54) is 47.5 Å². The third kappa shape index (κ3) is 5.01. The summed E-state index contributed by atoms with van der Waals surface area (Å²) in [6.07, 6.45) is 2.66. The summed E-state index contributed by atoms with van der Waals surface area (Å²) in [5.74, 6) is -1.77. The Kier molecular flexibility index (Phi) is 6.64. The van der Waals surface area contributed by atoms with Gasteiger partial charge in [0.05, 0.1) is 49.4 Å². The molecular weight excluding hydrogens is 435 g/mol. The molecule has 1 amide bonds. The lowest BCUT2D eigenvalue weighted by Crippen LogP contribution is -2.46. The Morgan fingerprint density at radius 2 is 1.85 bits per heavy atom. The number of hydrogen-bond acceptors (Lipinski definition) is 5. The van der Waals surface area contributed by atoms with Gasteiger partial charge in [0.1, 0.15) is 17.8 Å². The van der Waals surface area contributed by atoms with Gasteiger partial charge in [-0.15, -0.1) is 0 Å². The number of nitrogens with one attached hydrogen (secondary N) is 1. The van der Waals surface area contributed by atoms with E-state index in [4.69, 9.17) is 0 Å². The van der Waals surface area contributed by atoms with Gasteiger partial charge in [0.15, 0.2) is 0 Å². The van der Waals surface area contributed by atoms with Gasteiger partial charge in [0.25, 0.3) is 5.91 Å². The van der Waals surface area contributed by atoms with E-state index < -0.39 is 30.5 Å². The van der Waals surface area contributed by atoms with E-state index in [1.54, 1.807) is 18.2 Å². The van der Waals surface area contributed by atoms with Crippen molar-refractivity contribution in [2.75, 3.05) is 13.2 Å². The summed E-state index contributed by atoms with van der Waals surface area (Å²) in [6.45, 7) is -0.708. The number of carbonyl (C=O) groups excluding carboxylic acids is 1. The molecule has 0 radical (unpaired) electrons. The lowest BCUT2D eigenvalue weighted by Gasteiger charge is -2.21. The summed E-state index contributed by atoms with van der Waals surface area (Å²) in [5.41, 5.74) is 1.66. The summed E-state index contributed by atoms with van der Waals surface area (Å²) in [7, 11) is 0. The van der Waals surface area contributed by atoms with E-state index in [2.05, 4.69) is 20.5 Å². The molecule has 2 heterocycles. The van der Waals surface area contributed by atoms with Crippen LogP contribution in [0.3, 0.4) is 0 Å². The Morgan fingerprint density at radius 3 is 2.55 bits per heavy atom. The summed E-state index contributed by atoms with van der Waals surface area (Å²) in [6, 6.07) is 8.67. The van der Waals surface area contributed by atoms with Gasteiger partial charge < -0.3 is 10.4 Å². The van der Waals surface area contributed by atoms with E-state index >= 15 is 0 Å². The summed E-state index contributed by atoms with van der Waals surface area (Å²) in [4.78, 5) is 18.6. The molecule has 0 fully saturated rings. The van der Waals surface area contributed by atoms with Gasteiger partial charge in [-0.3, -0.25) is 9.79 Å². The fourth-order valence-electron chi connectivity index (χ4n) is 3.53. The predicted octanol–water partition coefficient (Wildman–Crippen LogP) is 2.57. The molecule has 1 aromatic heterocycles. The molecule has 2 N–H and O–H groups in total. The van der Waals surface area contributed by atoms with E-state index in [1.807, 2.05) is 0 Å². The van der Waals surface area contributed by atoms with E-state index in [0.29, 0.717) is 0 Å². The number of aliphatic imine (C=N–C) groups is 1. The predicted molar refractivity (Wildman–Crippen MR) is 115 cm³/mol. The van der Waals surface area contributed by atoms with Gasteiger partial charge in [-0.05, 0) is 41.5 Å². The van der Waals surface area contributed by atoms with Crippen molar-refractivity contribution >= 4 is 17.2 Å². The fourth-order valence-corrected chi connectivity index (χ4v) is 3.53. The maximum atomic E-state index is 14.8. The van der Waals surface area contributed by atoms with Crippen LogP contribution in [0.25, 0.3) is 5.57 Å². The smallest absolute Gasteiger partial charge is 0.252 e. The Labute approximate surface area is 187 Å². The Balaban J connectivity index is 1.61. The summed E-state index contributed by atoms with van der Waals surface area (Å²) in [5, 5.41) is 19.5. The molecular formula is C23H20F3N5O2. The molecule has 2 atom stereocenters. The third-order valence-corrected chi connectivity index (χ3v) is 5.21. The van der Waals surface area contributed by atoms with Crippen molar-refractivity contribution in [2.45, 2.75) is 18.8 Å². The zero-order valence-electron chi connectivity index (χ0n) is 17.3. The molecule has 0 unspecified atom stereocenters. The van der Waals surface area contributed by atoms with Crippen LogP contribution in [0.2, 0.25) is 0 Å². The van der Waals surface area contributed by atoms with Crippen molar-refractivity contribution in [2.24, 2.45) is 4.99 Å². The highest BCUT2D eigenvalue weighted by atomic mass is 19.1. The molecule has 0 spiro atoms. The number of aliphatic hydroxyl groups is 1. The number of aliphatic hydroxyl groups excluding tert-OH is 1. The van der Waals surface area contributed by atoms with Crippen molar-refractivity contribution in [3.8, 4) is 0 Å². The molecule has 0 saturated heterocycles. The van der Waals surface area contributed by atoms with Crippen LogP contribution in [0.5, 0.6) is 0 Å². The van der Waals surface area contributed by atoms with Crippen molar-refractivity contribution in [3.63, 3.8) is 0 Å². The number of amides is 1. The van der Waals surface area contributed by atoms with E-state index in [9.17, 15) is 23.1 Å². The van der Waals surface area contributed by atoms with Gasteiger partial charge >= 0.3 is 0 Å². The van der Waals surface area contributed by atoms with Crippen LogP contribution in [-0.4, -0.2) is 57.1 Å². The second-order valence-electron chi connectivity index (χ2n) is 7.40. The van der Waals surface area contributed by atoms with Crippen molar-refractivity contribution in [1.29, 1.82) is 0 Å². The fraction of sp³-hybridized carbons (Fsp3) is 0.217. The first-order chi connectivity index (χ1) is 16.0. The zero-order valence-corrected chi connectivity index (χ0v) is 17.3. The molecule has 0 saturated carbocycles. The number of aromatic nitrogens is 3. The SMILES string of the molecule is O=C(N[C@H](Cn1nccn1)[C@H](F)CO)c1cccc(F)c1C1=NCC(c2ccc(F)cc2)=C1. The number of carbonyl (C=O) groups is 1. The maximum Gasteiger partial charge on any atom is 0.252 e. The van der Waals surface area contributed by atoms with Crippen LogP contribution >= 0.6 is 0 Å². The Morgan fingerprint density at radius 1 is 1.12 bits per heavy atom. The quantitative estimate of drug-likeness (QED) is 0.546. The molecule has 2 aromatic carbocycles. The number of allylic oxidation sites excluding steroid dienone is 1. The topological polar surface area (TPSA) is 92.4 Å². The molecule has 33 heavy (non-hydrogen) atoms. The first kappa shape index (κ1) is 22.4. The minimum atomic E-state index is -1.79. The van der Waals surface area contributed by atoms with Crippen molar-refractivity contribution in [1.82, 2.24) is 20.3 Å². The van der Waals surface area contributed by atoms with Crippen molar-refractivity contribution in [3.05, 3.63) is 89.3 Å². The zero-order chi connectivity index (χ0) is 23.4. The highest BCUT2D eigenvalue weighted by molar-refractivity contribution is 6.19. The van der Waals surface area contributed by atoms with Crippen LogP contribution in [0.4, 0.5) is 13.2 Å². The monoisotopic (exact) mass is 455 g/mol. The Hall–Kier alpha value is -3.79. The summed E-state index contributed by atoms with van der Waals surface area (Å²) >= 11 is 0. The molecule has 7 nitrogen and oxygen atoms in total. The van der Waals surface area contributed by atoms with Gasteiger partial charge in [-0.2, -0.15) is 15.0 Å². The number of nitrogens with zero attached hydrogens (tertiary/aromatic N) is 4. The number of hydrogen-bond donors (Lipinski definition) is 2. The number of halogens is 3. The standard InChI is InChI=1S/C23H20F3N5O2/c24-16-6-4-14(5-7-16)15-10-20(27-11-15)22-17(2-1-3-18(22)25)23(33)30-21(19(26)13-32)12-31-28-8-9-29-31/h1-10,19,21,32H,11-13H2,(H,30,33)/t19-,21-/m1/s1.